The lowest BCUT2D eigenvalue weighted by molar-refractivity contribution is -0.144. The van der Waals surface area contributed by atoms with Crippen molar-refractivity contribution in [3.8, 4) is 0 Å². The zero-order valence-corrected chi connectivity index (χ0v) is 18.4. The van der Waals surface area contributed by atoms with Gasteiger partial charge in [0.05, 0.1) is 18.3 Å². The zero-order chi connectivity index (χ0) is 20.4. The van der Waals surface area contributed by atoms with E-state index in [-0.39, 0.29) is 5.28 Å². The molecule has 3 aromatic carbocycles. The molecule has 4 rings (SSSR count). The molecule has 29 heavy (non-hydrogen) atoms. The van der Waals surface area contributed by atoms with Gasteiger partial charge in [-0.05, 0) is 63.5 Å². The van der Waals surface area contributed by atoms with Crippen LogP contribution < -0.4 is 0 Å². The van der Waals surface area contributed by atoms with Crippen molar-refractivity contribution in [1.82, 2.24) is 9.97 Å². The third-order valence-corrected chi connectivity index (χ3v) is 5.73. The fourth-order valence-electron chi connectivity index (χ4n) is 3.66. The molecule has 144 valence electrons. The van der Waals surface area contributed by atoms with Gasteiger partial charge in [0.2, 0.25) is 5.28 Å². The Morgan fingerprint density at radius 2 is 1.52 bits per heavy atom. The molecule has 0 fully saturated rings. The third kappa shape index (κ3) is 3.38. The first kappa shape index (κ1) is 19.8. The van der Waals surface area contributed by atoms with Crippen molar-refractivity contribution in [3.63, 3.8) is 0 Å². The van der Waals surface area contributed by atoms with Gasteiger partial charge in [-0.1, -0.05) is 60.7 Å². The molecule has 0 bridgehead atoms. The molecule has 0 N–H and O–H groups in total. The van der Waals surface area contributed by atoms with Crippen LogP contribution in [-0.2, 0) is 14.9 Å². The van der Waals surface area contributed by atoms with Crippen molar-refractivity contribution in [1.29, 1.82) is 0 Å². The number of carbonyl (C=O) groups is 1. The van der Waals surface area contributed by atoms with Gasteiger partial charge in [0, 0.05) is 8.96 Å². The van der Waals surface area contributed by atoms with E-state index in [1.54, 1.807) is 0 Å². The Balaban J connectivity index is 2.22. The third-order valence-electron chi connectivity index (χ3n) is 4.89. The van der Waals surface area contributed by atoms with Crippen LogP contribution >= 0.6 is 34.2 Å². The highest BCUT2D eigenvalue weighted by Gasteiger charge is 2.47. The second-order valence-corrected chi connectivity index (χ2v) is 8.06. The summed E-state index contributed by atoms with van der Waals surface area (Å²) in [5.41, 5.74) is 1.35. The summed E-state index contributed by atoms with van der Waals surface area (Å²) in [6, 6.07) is 24.8. The number of hydrogen-bond donors (Lipinski definition) is 0. The molecule has 1 heterocycles. The lowest BCUT2D eigenvalue weighted by Gasteiger charge is -2.32. The first-order valence-electron chi connectivity index (χ1n) is 8.90. The van der Waals surface area contributed by atoms with Gasteiger partial charge < -0.3 is 4.74 Å². The number of nitrogens with zero attached hydrogens (tertiary/aromatic N) is 2. The zero-order valence-electron chi connectivity index (χ0n) is 15.5. The molecule has 0 atom stereocenters. The number of rotatable bonds is 4. The van der Waals surface area contributed by atoms with Gasteiger partial charge in [0.1, 0.15) is 0 Å². The predicted octanol–water partition coefficient (Wildman–Crippen LogP) is 5.40. The smallest absolute Gasteiger partial charge is 0.327 e. The maximum atomic E-state index is 13.5. The highest BCUT2D eigenvalue weighted by atomic mass is 127. The van der Waals surface area contributed by atoms with E-state index in [0.717, 1.165) is 20.1 Å². The van der Waals surface area contributed by atoms with E-state index in [1.165, 1.54) is 7.11 Å². The number of hydrogen-bond acceptors (Lipinski definition) is 4. The number of ether oxygens (including phenoxy) is 1. The minimum Gasteiger partial charge on any atom is -0.468 e. The van der Waals surface area contributed by atoms with E-state index in [1.807, 2.05) is 78.9 Å². The Bertz CT molecular complexity index is 1140. The average Bonchev–Trinajstić information content (AvgIpc) is 2.76. The Morgan fingerprint density at radius 3 is 2.07 bits per heavy atom. The molecule has 0 radical (unpaired) electrons. The highest BCUT2D eigenvalue weighted by molar-refractivity contribution is 14.1. The number of fused-ring (bicyclic) bond motifs is 1. The van der Waals surface area contributed by atoms with Gasteiger partial charge in [-0.15, -0.1) is 0 Å². The molecule has 1 aromatic heterocycles. The standard InChI is InChI=1S/C23H16ClIN2O2/c1-29-21(28)23(15-8-4-2-5-9-15,16-10-6-3-7-11-16)20-18-14-17(25)12-13-19(18)26-22(24)27-20/h2-14H,1H3. The van der Waals surface area contributed by atoms with Crippen LogP contribution in [0.4, 0.5) is 0 Å². The molecule has 0 saturated carbocycles. The van der Waals surface area contributed by atoms with Crippen LogP contribution in [0.5, 0.6) is 0 Å². The fraction of sp³-hybridized carbons (Fsp3) is 0.0870. The summed E-state index contributed by atoms with van der Waals surface area (Å²) in [5, 5.41) is 0.827. The molecule has 0 unspecified atom stereocenters. The maximum Gasteiger partial charge on any atom is 0.327 e. The summed E-state index contributed by atoms with van der Waals surface area (Å²) in [6.45, 7) is 0. The van der Waals surface area contributed by atoms with Crippen LogP contribution in [0.2, 0.25) is 5.28 Å². The van der Waals surface area contributed by atoms with Gasteiger partial charge in [0.15, 0.2) is 5.41 Å². The number of aromatic nitrogens is 2. The van der Waals surface area contributed by atoms with Gasteiger partial charge in [-0.25, -0.2) is 9.97 Å². The van der Waals surface area contributed by atoms with Crippen molar-refractivity contribution in [2.24, 2.45) is 0 Å². The molecule has 6 heteroatoms. The lowest BCUT2D eigenvalue weighted by atomic mass is 9.70. The van der Waals surface area contributed by atoms with E-state index in [2.05, 4.69) is 32.6 Å². The summed E-state index contributed by atoms with van der Waals surface area (Å²) in [7, 11) is 1.39. The molecule has 4 aromatic rings. The number of methoxy groups -OCH3 is 1. The predicted molar refractivity (Wildman–Crippen MR) is 122 cm³/mol. The van der Waals surface area contributed by atoms with Crippen LogP contribution in [0.3, 0.4) is 0 Å². The normalized spacial score (nSPS) is 11.4. The first-order valence-corrected chi connectivity index (χ1v) is 10.4. The van der Waals surface area contributed by atoms with Crippen molar-refractivity contribution >= 4 is 51.1 Å². The second-order valence-electron chi connectivity index (χ2n) is 6.48. The van der Waals surface area contributed by atoms with Crippen LogP contribution in [0.25, 0.3) is 10.9 Å². The molecular formula is C23H16ClIN2O2. The van der Waals surface area contributed by atoms with Gasteiger partial charge in [-0.2, -0.15) is 0 Å². The van der Waals surface area contributed by atoms with Crippen molar-refractivity contribution in [2.75, 3.05) is 7.11 Å². The first-order chi connectivity index (χ1) is 14.1. The summed E-state index contributed by atoms with van der Waals surface area (Å²) in [4.78, 5) is 22.5. The minimum absolute atomic E-state index is 0.0776. The van der Waals surface area contributed by atoms with Crippen molar-refractivity contribution in [2.45, 2.75) is 5.41 Å². The van der Waals surface area contributed by atoms with Gasteiger partial charge in [0.25, 0.3) is 0 Å². The number of esters is 1. The SMILES string of the molecule is COC(=O)C(c1ccccc1)(c1ccccc1)c1nc(Cl)nc2ccc(I)cc12. The molecule has 0 spiro atoms. The Hall–Kier alpha value is -2.51. The molecule has 0 aliphatic heterocycles. The van der Waals surface area contributed by atoms with Crippen LogP contribution in [0.1, 0.15) is 16.8 Å². The van der Waals surface area contributed by atoms with Gasteiger partial charge >= 0.3 is 5.97 Å². The molecule has 0 aliphatic carbocycles. The lowest BCUT2D eigenvalue weighted by Crippen LogP contribution is -2.40. The monoisotopic (exact) mass is 514 g/mol. The molecule has 0 amide bonds. The summed E-state index contributed by atoms with van der Waals surface area (Å²) >= 11 is 8.55. The molecule has 0 saturated heterocycles. The van der Waals surface area contributed by atoms with Crippen molar-refractivity contribution in [3.05, 3.63) is 105 Å². The number of halogens is 2. The van der Waals surface area contributed by atoms with Crippen LogP contribution in [-0.4, -0.2) is 23.0 Å². The minimum atomic E-state index is -1.30. The average molecular weight is 515 g/mol. The summed E-state index contributed by atoms with van der Waals surface area (Å²) < 4.78 is 6.36. The Kier molecular flexibility index (Phi) is 5.52. The maximum absolute atomic E-state index is 13.5. The van der Waals surface area contributed by atoms with E-state index in [9.17, 15) is 4.79 Å². The highest BCUT2D eigenvalue weighted by Crippen LogP contribution is 2.42. The summed E-state index contributed by atoms with van der Waals surface area (Å²) in [6.07, 6.45) is 0. The molecule has 4 nitrogen and oxygen atoms in total. The number of carbonyl (C=O) groups excluding carboxylic acids is 1. The summed E-state index contributed by atoms with van der Waals surface area (Å²) in [5.74, 6) is -0.440. The second kappa shape index (κ2) is 8.08. The Morgan fingerprint density at radius 1 is 0.931 bits per heavy atom. The topological polar surface area (TPSA) is 52.1 Å². The molecule has 0 aliphatic rings. The van der Waals surface area contributed by atoms with Crippen LogP contribution in [0.15, 0.2) is 78.9 Å². The van der Waals surface area contributed by atoms with Crippen molar-refractivity contribution < 1.29 is 9.53 Å². The number of benzene rings is 3. The van der Waals surface area contributed by atoms with E-state index < -0.39 is 11.4 Å². The molecular weight excluding hydrogens is 499 g/mol. The van der Waals surface area contributed by atoms with E-state index >= 15 is 0 Å². The van der Waals surface area contributed by atoms with E-state index in [0.29, 0.717) is 11.2 Å². The Labute approximate surface area is 187 Å². The fourth-order valence-corrected chi connectivity index (χ4v) is 4.33. The van der Waals surface area contributed by atoms with Crippen LogP contribution in [0, 0.1) is 3.57 Å². The van der Waals surface area contributed by atoms with E-state index in [4.69, 9.17) is 16.3 Å². The van der Waals surface area contributed by atoms with Gasteiger partial charge in [-0.3, -0.25) is 4.79 Å². The quantitative estimate of drug-likeness (QED) is 0.208. The largest absolute Gasteiger partial charge is 0.468 e.